The monoisotopic (exact) mass is 461 g/mol. The zero-order chi connectivity index (χ0) is 23.4. The van der Waals surface area contributed by atoms with Gasteiger partial charge in [-0.3, -0.25) is 4.79 Å². The molecule has 0 aliphatic carbocycles. The van der Waals surface area contributed by atoms with Gasteiger partial charge in [-0.05, 0) is 24.3 Å². The molecule has 7 nitrogen and oxygen atoms in total. The van der Waals surface area contributed by atoms with Crippen molar-refractivity contribution in [3.05, 3.63) is 89.4 Å². The van der Waals surface area contributed by atoms with Crippen LogP contribution in [0.25, 0.3) is 22.2 Å². The summed E-state index contributed by atoms with van der Waals surface area (Å²) in [7, 11) is 2.69. The van der Waals surface area contributed by atoms with Crippen molar-refractivity contribution in [3.8, 4) is 17.0 Å². The van der Waals surface area contributed by atoms with Gasteiger partial charge in [0.2, 0.25) is 0 Å². The van der Waals surface area contributed by atoms with E-state index in [1.165, 1.54) is 14.2 Å². The first kappa shape index (κ1) is 22.1. The van der Waals surface area contributed by atoms with Crippen LogP contribution < -0.4 is 15.2 Å². The number of para-hydroxylation sites is 1. The zero-order valence-electron chi connectivity index (χ0n) is 17.9. The van der Waals surface area contributed by atoms with E-state index in [1.807, 2.05) is 42.5 Å². The summed E-state index contributed by atoms with van der Waals surface area (Å²) >= 11 is 6.15. The predicted molar refractivity (Wildman–Crippen MR) is 128 cm³/mol. The summed E-state index contributed by atoms with van der Waals surface area (Å²) < 4.78 is 10.5. The zero-order valence-corrected chi connectivity index (χ0v) is 18.7. The molecule has 3 aromatic carbocycles. The number of hydrogen-bond donors (Lipinski definition) is 1. The Morgan fingerprint density at radius 2 is 1.67 bits per heavy atom. The molecule has 0 radical (unpaired) electrons. The van der Waals surface area contributed by atoms with Crippen molar-refractivity contribution in [2.45, 2.75) is 0 Å². The third-order valence-corrected chi connectivity index (χ3v) is 5.21. The molecule has 0 unspecified atom stereocenters. The Morgan fingerprint density at radius 1 is 0.939 bits per heavy atom. The number of amides is 2. The minimum Gasteiger partial charge on any atom is -0.494 e. The molecule has 0 fully saturated rings. The van der Waals surface area contributed by atoms with E-state index in [0.29, 0.717) is 27.3 Å². The van der Waals surface area contributed by atoms with Gasteiger partial charge in [-0.1, -0.05) is 66.2 Å². The van der Waals surface area contributed by atoms with Crippen LogP contribution in [0.15, 0.2) is 78.9 Å². The van der Waals surface area contributed by atoms with Crippen molar-refractivity contribution in [3.63, 3.8) is 0 Å². The van der Waals surface area contributed by atoms with Gasteiger partial charge >= 0.3 is 6.09 Å². The number of hydrogen-bond acceptors (Lipinski definition) is 5. The molecule has 0 bridgehead atoms. The minimum atomic E-state index is -0.816. The van der Waals surface area contributed by atoms with E-state index in [-0.39, 0.29) is 11.3 Å². The second kappa shape index (κ2) is 9.58. The van der Waals surface area contributed by atoms with Crippen molar-refractivity contribution in [2.75, 3.05) is 19.2 Å². The molecule has 0 spiro atoms. The van der Waals surface area contributed by atoms with Crippen molar-refractivity contribution < 1.29 is 19.1 Å². The van der Waals surface area contributed by atoms with Crippen molar-refractivity contribution in [2.24, 2.45) is 0 Å². The van der Waals surface area contributed by atoms with Crippen LogP contribution >= 0.6 is 11.6 Å². The largest absolute Gasteiger partial charge is 0.494 e. The maximum atomic E-state index is 14.0. The van der Waals surface area contributed by atoms with Gasteiger partial charge in [0.25, 0.3) is 5.91 Å². The van der Waals surface area contributed by atoms with Crippen LogP contribution in [0.2, 0.25) is 5.02 Å². The van der Waals surface area contributed by atoms with E-state index in [0.717, 1.165) is 10.6 Å². The maximum absolute atomic E-state index is 14.0. The number of methoxy groups -OCH3 is 2. The van der Waals surface area contributed by atoms with Crippen molar-refractivity contribution in [1.82, 2.24) is 10.4 Å². The lowest BCUT2D eigenvalue weighted by Gasteiger charge is -2.25. The fourth-order valence-corrected chi connectivity index (χ4v) is 3.68. The Kier molecular flexibility index (Phi) is 6.42. The van der Waals surface area contributed by atoms with Gasteiger partial charge < -0.3 is 9.47 Å². The van der Waals surface area contributed by atoms with Crippen LogP contribution in [0.4, 0.5) is 10.5 Å². The van der Waals surface area contributed by atoms with Gasteiger partial charge in [-0.25, -0.2) is 20.2 Å². The average Bonchev–Trinajstić information content (AvgIpc) is 2.86. The molecular weight excluding hydrogens is 442 g/mol. The van der Waals surface area contributed by atoms with Crippen molar-refractivity contribution >= 4 is 40.2 Å². The molecule has 0 aliphatic rings. The molecule has 1 aromatic heterocycles. The molecule has 0 saturated heterocycles. The van der Waals surface area contributed by atoms with Crippen molar-refractivity contribution in [1.29, 1.82) is 0 Å². The van der Waals surface area contributed by atoms with Gasteiger partial charge in [-0.2, -0.15) is 0 Å². The highest BCUT2D eigenvalue weighted by molar-refractivity contribution is 6.31. The number of anilines is 1. The summed E-state index contributed by atoms with van der Waals surface area (Å²) in [5.74, 6) is -0.265. The van der Waals surface area contributed by atoms with Gasteiger partial charge in [0.1, 0.15) is 5.69 Å². The molecule has 8 heteroatoms. The van der Waals surface area contributed by atoms with E-state index in [1.54, 1.807) is 36.4 Å². The quantitative estimate of drug-likeness (QED) is 0.407. The van der Waals surface area contributed by atoms with Gasteiger partial charge in [0, 0.05) is 16.0 Å². The van der Waals surface area contributed by atoms with E-state index in [9.17, 15) is 9.59 Å². The van der Waals surface area contributed by atoms with Crippen LogP contribution in [0.3, 0.4) is 0 Å². The fourth-order valence-electron chi connectivity index (χ4n) is 3.49. The summed E-state index contributed by atoms with van der Waals surface area (Å²) in [6.07, 6.45) is -0.816. The maximum Gasteiger partial charge on any atom is 0.426 e. The first-order chi connectivity index (χ1) is 16.0. The number of rotatable bonds is 4. The molecule has 0 atom stereocenters. The standard InChI is InChI=1S/C25H20ClN3O4/c1-32-23-21(24(30)29(28-25(31)33-2)18-12-8-11-17(26)15-18)19-13-6-7-14-20(19)27-22(23)16-9-4-3-5-10-16/h3-15H,1-2H3,(H,28,31). The SMILES string of the molecule is COC(=O)NN(C(=O)c1c(OC)c(-c2ccccc2)nc2ccccc12)c1cccc(Cl)c1. The van der Waals surface area contributed by atoms with Crippen LogP contribution in [0.5, 0.6) is 5.75 Å². The van der Waals surface area contributed by atoms with Crippen LogP contribution in [0, 0.1) is 0 Å². The van der Waals surface area contributed by atoms with Crippen LogP contribution in [-0.4, -0.2) is 31.2 Å². The molecule has 0 aliphatic heterocycles. The third kappa shape index (κ3) is 4.44. The number of benzene rings is 3. The second-order valence-corrected chi connectivity index (χ2v) is 7.41. The first-order valence-electron chi connectivity index (χ1n) is 10.00. The highest BCUT2D eigenvalue weighted by Gasteiger charge is 2.29. The topological polar surface area (TPSA) is 80.8 Å². The highest BCUT2D eigenvalue weighted by Crippen LogP contribution is 2.37. The summed E-state index contributed by atoms with van der Waals surface area (Å²) in [5, 5.41) is 2.04. The Hall–Kier alpha value is -4.10. The average molecular weight is 462 g/mol. The number of nitrogens with zero attached hydrogens (tertiary/aromatic N) is 2. The second-order valence-electron chi connectivity index (χ2n) is 6.98. The Morgan fingerprint density at radius 3 is 2.36 bits per heavy atom. The summed E-state index contributed by atoms with van der Waals surface area (Å²) in [5.41, 5.74) is 4.94. The van der Waals surface area contributed by atoms with E-state index < -0.39 is 12.0 Å². The molecule has 33 heavy (non-hydrogen) atoms. The Bertz CT molecular complexity index is 1330. The fraction of sp³-hybridized carbons (Fsp3) is 0.0800. The van der Waals surface area contributed by atoms with E-state index in [2.05, 4.69) is 5.43 Å². The number of halogens is 1. The molecular formula is C25H20ClN3O4. The normalized spacial score (nSPS) is 10.5. The number of carbonyl (C=O) groups excluding carboxylic acids is 2. The first-order valence-corrected chi connectivity index (χ1v) is 10.4. The van der Waals surface area contributed by atoms with E-state index in [4.69, 9.17) is 26.1 Å². The smallest absolute Gasteiger partial charge is 0.426 e. The molecule has 4 aromatic rings. The summed E-state index contributed by atoms with van der Waals surface area (Å²) in [4.78, 5) is 30.9. The lowest BCUT2D eigenvalue weighted by atomic mass is 10.0. The summed E-state index contributed by atoms with van der Waals surface area (Å²) in [6, 6.07) is 23.2. The van der Waals surface area contributed by atoms with Crippen LogP contribution in [0.1, 0.15) is 10.4 Å². The number of nitrogens with one attached hydrogen (secondary N) is 1. The number of pyridine rings is 1. The summed E-state index contributed by atoms with van der Waals surface area (Å²) in [6.45, 7) is 0. The molecule has 1 N–H and O–H groups in total. The van der Waals surface area contributed by atoms with Gasteiger partial charge in [-0.15, -0.1) is 0 Å². The number of aromatic nitrogens is 1. The number of hydrazine groups is 1. The minimum absolute atomic E-state index is 0.235. The molecule has 1 heterocycles. The lowest BCUT2D eigenvalue weighted by Crippen LogP contribution is -2.46. The Labute approximate surface area is 195 Å². The van der Waals surface area contributed by atoms with Gasteiger partial charge in [0.05, 0.1) is 31.0 Å². The molecule has 166 valence electrons. The molecule has 4 rings (SSSR count). The van der Waals surface area contributed by atoms with Crippen LogP contribution in [-0.2, 0) is 4.74 Å². The molecule has 2 amide bonds. The number of fused-ring (bicyclic) bond motifs is 1. The lowest BCUT2D eigenvalue weighted by molar-refractivity contribution is 0.0963. The third-order valence-electron chi connectivity index (χ3n) is 4.97. The number of carbonyl (C=O) groups is 2. The Balaban J connectivity index is 1.98. The number of ether oxygens (including phenoxy) is 2. The van der Waals surface area contributed by atoms with Gasteiger partial charge in [0.15, 0.2) is 5.75 Å². The predicted octanol–water partition coefficient (Wildman–Crippen LogP) is 5.48. The highest BCUT2D eigenvalue weighted by atomic mass is 35.5. The molecule has 0 saturated carbocycles. The van der Waals surface area contributed by atoms with E-state index >= 15 is 0 Å².